The Morgan fingerprint density at radius 2 is 2.00 bits per heavy atom. The smallest absolute Gasteiger partial charge is 0.129 e. The molecule has 0 radical (unpaired) electrons. The van der Waals surface area contributed by atoms with E-state index in [4.69, 9.17) is 9.72 Å². The molecule has 2 rings (SSSR count). The Morgan fingerprint density at radius 3 is 2.57 bits per heavy atom. The van der Waals surface area contributed by atoms with Gasteiger partial charge in [0, 0.05) is 16.8 Å². The maximum absolute atomic E-state index is 5.53. The molecule has 0 aliphatic rings. The lowest BCUT2D eigenvalue weighted by molar-refractivity contribution is 0.416. The van der Waals surface area contributed by atoms with E-state index in [9.17, 15) is 0 Å². The fourth-order valence-corrected chi connectivity index (χ4v) is 3.62. The zero-order valence-corrected chi connectivity index (χ0v) is 14.5. The third kappa shape index (κ3) is 3.44. The van der Waals surface area contributed by atoms with Crippen LogP contribution in [0.3, 0.4) is 0 Å². The Balaban J connectivity index is 2.55. The van der Waals surface area contributed by atoms with Gasteiger partial charge in [0.1, 0.15) is 10.8 Å². The van der Waals surface area contributed by atoms with E-state index in [1.807, 2.05) is 7.05 Å². The highest BCUT2D eigenvalue weighted by Crippen LogP contribution is 2.38. The molecule has 0 bridgehead atoms. The van der Waals surface area contributed by atoms with Crippen molar-refractivity contribution in [2.45, 2.75) is 39.7 Å². The van der Waals surface area contributed by atoms with E-state index in [2.05, 4.69) is 51.2 Å². The molecule has 2 aromatic rings. The van der Waals surface area contributed by atoms with Gasteiger partial charge in [-0.25, -0.2) is 4.98 Å². The lowest BCUT2D eigenvalue weighted by Crippen LogP contribution is -2.16. The molecule has 21 heavy (non-hydrogen) atoms. The van der Waals surface area contributed by atoms with Crippen LogP contribution in [0.15, 0.2) is 18.2 Å². The van der Waals surface area contributed by atoms with Crippen molar-refractivity contribution in [1.29, 1.82) is 0 Å². The molecule has 0 amide bonds. The first-order valence-corrected chi connectivity index (χ1v) is 7.98. The van der Waals surface area contributed by atoms with Gasteiger partial charge in [0.05, 0.1) is 18.4 Å². The van der Waals surface area contributed by atoms with Gasteiger partial charge in [0.15, 0.2) is 0 Å². The molecular formula is C17H24N2OS. The largest absolute Gasteiger partial charge is 0.496 e. The number of aromatic nitrogens is 1. The normalized spacial score (nSPS) is 11.7. The van der Waals surface area contributed by atoms with Crippen LogP contribution in [0.25, 0.3) is 10.6 Å². The van der Waals surface area contributed by atoms with Crippen molar-refractivity contribution in [3.63, 3.8) is 0 Å². The number of thiazole rings is 1. The molecule has 0 unspecified atom stereocenters. The molecule has 114 valence electrons. The van der Waals surface area contributed by atoms with E-state index in [1.165, 1.54) is 16.1 Å². The lowest BCUT2D eigenvalue weighted by atomic mass is 9.91. The Bertz CT molecular complexity index is 626. The summed E-state index contributed by atoms with van der Waals surface area (Å²) in [5.74, 6) is 0.889. The number of hydrogen-bond donors (Lipinski definition) is 1. The van der Waals surface area contributed by atoms with Crippen LogP contribution in [-0.4, -0.2) is 19.1 Å². The topological polar surface area (TPSA) is 34.1 Å². The van der Waals surface area contributed by atoms with Crippen LogP contribution in [0.5, 0.6) is 5.75 Å². The Kier molecular flexibility index (Phi) is 4.69. The highest BCUT2D eigenvalue weighted by Gasteiger charge is 2.24. The second kappa shape index (κ2) is 6.16. The van der Waals surface area contributed by atoms with Crippen LogP contribution in [0, 0.1) is 6.92 Å². The molecule has 0 saturated carbocycles. The second-order valence-electron chi connectivity index (χ2n) is 6.27. The molecule has 0 spiro atoms. The van der Waals surface area contributed by atoms with Gasteiger partial charge in [-0.05, 0) is 31.7 Å². The van der Waals surface area contributed by atoms with Crippen molar-refractivity contribution in [3.05, 3.63) is 34.3 Å². The van der Waals surface area contributed by atoms with Crippen molar-refractivity contribution in [3.8, 4) is 16.3 Å². The summed E-state index contributed by atoms with van der Waals surface area (Å²) in [7, 11) is 3.68. The summed E-state index contributed by atoms with van der Waals surface area (Å²) in [5, 5.41) is 4.27. The summed E-state index contributed by atoms with van der Waals surface area (Å²) in [6.45, 7) is 9.53. The Labute approximate surface area is 131 Å². The van der Waals surface area contributed by atoms with Gasteiger partial charge in [-0.2, -0.15) is 0 Å². The maximum atomic E-state index is 5.53. The number of benzene rings is 1. The van der Waals surface area contributed by atoms with Crippen LogP contribution in [0.1, 0.15) is 36.9 Å². The van der Waals surface area contributed by atoms with E-state index < -0.39 is 0 Å². The highest BCUT2D eigenvalue weighted by atomic mass is 32.1. The summed E-state index contributed by atoms with van der Waals surface area (Å²) in [4.78, 5) is 6.20. The number of ether oxygens (including phenoxy) is 1. The Hall–Kier alpha value is -1.39. The third-order valence-corrected chi connectivity index (χ3v) is 4.42. The van der Waals surface area contributed by atoms with E-state index in [0.717, 1.165) is 22.9 Å². The number of methoxy groups -OCH3 is 1. The fraction of sp³-hybridized carbons (Fsp3) is 0.471. The van der Waals surface area contributed by atoms with E-state index in [1.54, 1.807) is 18.4 Å². The van der Waals surface area contributed by atoms with Gasteiger partial charge in [0.25, 0.3) is 0 Å². The van der Waals surface area contributed by atoms with Gasteiger partial charge in [0.2, 0.25) is 0 Å². The number of rotatable bonds is 4. The molecule has 1 aromatic heterocycles. The van der Waals surface area contributed by atoms with Crippen molar-refractivity contribution in [1.82, 2.24) is 10.3 Å². The predicted molar refractivity (Wildman–Crippen MR) is 90.3 cm³/mol. The number of aryl methyl sites for hydroxylation is 1. The molecule has 0 saturated heterocycles. The standard InChI is InChI=1S/C17H24N2OS/c1-11-7-8-12(13(9-11)20-6)16-19-15(17(2,3)4)14(21-16)10-18-5/h7-9,18H,10H2,1-6H3. The summed E-state index contributed by atoms with van der Waals surface area (Å²) in [5.41, 5.74) is 3.47. The minimum absolute atomic E-state index is 0.0405. The second-order valence-corrected chi connectivity index (χ2v) is 7.36. The van der Waals surface area contributed by atoms with Gasteiger partial charge in [-0.3, -0.25) is 0 Å². The van der Waals surface area contributed by atoms with Crippen LogP contribution in [-0.2, 0) is 12.0 Å². The molecule has 1 aromatic carbocycles. The van der Waals surface area contributed by atoms with E-state index in [0.29, 0.717) is 0 Å². The van der Waals surface area contributed by atoms with Crippen LogP contribution >= 0.6 is 11.3 Å². The van der Waals surface area contributed by atoms with Crippen molar-refractivity contribution >= 4 is 11.3 Å². The van der Waals surface area contributed by atoms with Crippen molar-refractivity contribution in [2.75, 3.05) is 14.2 Å². The molecular weight excluding hydrogens is 280 g/mol. The molecule has 0 fully saturated rings. The van der Waals surface area contributed by atoms with Gasteiger partial charge in [-0.15, -0.1) is 11.3 Å². The van der Waals surface area contributed by atoms with Gasteiger partial charge in [-0.1, -0.05) is 26.8 Å². The number of hydrogen-bond acceptors (Lipinski definition) is 4. The lowest BCUT2D eigenvalue weighted by Gasteiger charge is -2.17. The quantitative estimate of drug-likeness (QED) is 0.921. The first-order valence-electron chi connectivity index (χ1n) is 7.16. The van der Waals surface area contributed by atoms with Crippen molar-refractivity contribution < 1.29 is 4.74 Å². The average molecular weight is 304 g/mol. The fourth-order valence-electron chi connectivity index (χ4n) is 2.31. The molecule has 0 aliphatic carbocycles. The SMILES string of the molecule is CNCc1sc(-c2ccc(C)cc2OC)nc1C(C)(C)C. The number of nitrogens with zero attached hydrogens (tertiary/aromatic N) is 1. The zero-order chi connectivity index (χ0) is 15.6. The monoisotopic (exact) mass is 304 g/mol. The third-order valence-electron chi connectivity index (χ3n) is 3.33. The van der Waals surface area contributed by atoms with Crippen molar-refractivity contribution in [2.24, 2.45) is 0 Å². The average Bonchev–Trinajstić information content (AvgIpc) is 2.83. The predicted octanol–water partition coefficient (Wildman–Crippen LogP) is 4.14. The van der Waals surface area contributed by atoms with E-state index >= 15 is 0 Å². The van der Waals surface area contributed by atoms with E-state index in [-0.39, 0.29) is 5.41 Å². The van der Waals surface area contributed by atoms with Crippen LogP contribution < -0.4 is 10.1 Å². The Morgan fingerprint density at radius 1 is 1.29 bits per heavy atom. The van der Waals surface area contributed by atoms with Gasteiger partial charge >= 0.3 is 0 Å². The maximum Gasteiger partial charge on any atom is 0.129 e. The summed E-state index contributed by atoms with van der Waals surface area (Å²) < 4.78 is 5.53. The minimum atomic E-state index is 0.0405. The summed E-state index contributed by atoms with van der Waals surface area (Å²) >= 11 is 1.75. The molecule has 1 heterocycles. The van der Waals surface area contributed by atoms with Gasteiger partial charge < -0.3 is 10.1 Å². The number of nitrogens with one attached hydrogen (secondary N) is 1. The summed E-state index contributed by atoms with van der Waals surface area (Å²) in [6, 6.07) is 6.27. The summed E-state index contributed by atoms with van der Waals surface area (Å²) in [6.07, 6.45) is 0. The molecule has 0 aliphatic heterocycles. The minimum Gasteiger partial charge on any atom is -0.496 e. The van der Waals surface area contributed by atoms with Crippen LogP contribution in [0.4, 0.5) is 0 Å². The molecule has 1 N–H and O–H groups in total. The van der Waals surface area contributed by atoms with Crippen LogP contribution in [0.2, 0.25) is 0 Å². The highest BCUT2D eigenvalue weighted by molar-refractivity contribution is 7.15. The zero-order valence-electron chi connectivity index (χ0n) is 13.7. The molecule has 0 atom stereocenters. The molecule has 3 nitrogen and oxygen atoms in total. The molecule has 4 heteroatoms. The first-order chi connectivity index (χ1) is 9.86. The first kappa shape index (κ1) is 16.0.